The fraction of sp³-hybridized carbons (Fsp3) is 0.462. The van der Waals surface area contributed by atoms with E-state index in [1.165, 1.54) is 19.3 Å². The third kappa shape index (κ3) is 4.85. The van der Waals surface area contributed by atoms with Crippen molar-refractivity contribution in [1.29, 1.82) is 0 Å². The number of hydrogen-bond donors (Lipinski definition) is 0. The molecule has 2 fully saturated rings. The first-order valence-electron chi connectivity index (χ1n) is 12.4. The number of hydrogen-bond acceptors (Lipinski definition) is 7. The van der Waals surface area contributed by atoms with Crippen LogP contribution in [0.4, 0.5) is 5.82 Å². The number of benzene rings is 2. The van der Waals surface area contributed by atoms with Gasteiger partial charge in [-0.1, -0.05) is 12.1 Å². The zero-order valence-electron chi connectivity index (χ0n) is 20.4. The quantitative estimate of drug-likeness (QED) is 0.516. The van der Waals surface area contributed by atoms with Crippen molar-refractivity contribution in [2.75, 3.05) is 51.3 Å². The maximum Gasteiger partial charge on any atom is 0.243 e. The van der Waals surface area contributed by atoms with E-state index in [9.17, 15) is 8.42 Å². The van der Waals surface area contributed by atoms with Crippen molar-refractivity contribution in [3.8, 4) is 5.75 Å². The number of anilines is 1. The van der Waals surface area contributed by atoms with Crippen LogP contribution in [0.15, 0.2) is 53.4 Å². The first-order chi connectivity index (χ1) is 17.0. The third-order valence-corrected chi connectivity index (χ3v) is 9.06. The van der Waals surface area contributed by atoms with Crippen molar-refractivity contribution in [3.05, 3.63) is 54.4 Å². The number of ether oxygens (including phenoxy) is 1. The Morgan fingerprint density at radius 3 is 2.23 bits per heavy atom. The fourth-order valence-corrected chi connectivity index (χ4v) is 6.42. The molecule has 0 bridgehead atoms. The number of fused-ring (bicyclic) bond motifs is 1. The van der Waals surface area contributed by atoms with Crippen LogP contribution in [0.25, 0.3) is 10.9 Å². The molecule has 0 spiro atoms. The van der Waals surface area contributed by atoms with Crippen LogP contribution < -0.4 is 9.64 Å². The third-order valence-electron chi connectivity index (χ3n) is 7.15. The van der Waals surface area contributed by atoms with Crippen molar-refractivity contribution >= 4 is 26.7 Å². The highest BCUT2D eigenvalue weighted by molar-refractivity contribution is 7.89. The zero-order valence-corrected chi connectivity index (χ0v) is 21.2. The number of para-hydroxylation sites is 1. The lowest BCUT2D eigenvalue weighted by atomic mass is 10.1. The van der Waals surface area contributed by atoms with Gasteiger partial charge in [-0.15, -0.1) is 0 Å². The number of sulfonamides is 1. The smallest absolute Gasteiger partial charge is 0.243 e. The molecule has 0 amide bonds. The molecule has 0 N–H and O–H groups in total. The maximum absolute atomic E-state index is 13.1. The Bertz CT molecular complexity index is 1270. The summed E-state index contributed by atoms with van der Waals surface area (Å²) in [5.74, 6) is 2.47. The van der Waals surface area contributed by atoms with Crippen LogP contribution in [-0.4, -0.2) is 74.0 Å². The van der Waals surface area contributed by atoms with Crippen LogP contribution in [0.2, 0.25) is 0 Å². The molecule has 35 heavy (non-hydrogen) atoms. The molecule has 2 aliphatic rings. The number of rotatable bonds is 6. The minimum atomic E-state index is -3.54. The number of piperazine rings is 1. The second kappa shape index (κ2) is 10.1. The van der Waals surface area contributed by atoms with E-state index in [-0.39, 0.29) is 6.04 Å². The first-order valence-corrected chi connectivity index (χ1v) is 13.8. The van der Waals surface area contributed by atoms with E-state index in [4.69, 9.17) is 14.7 Å². The standard InChI is InChI=1S/C26H33N5O3S/c1-20(25-27-24-9-5-4-8-23(24)26(28-25)30-14-6-3-7-15-30)29-16-18-31(19-17-29)35(32,33)22-12-10-21(34-2)11-13-22/h4-5,8-13,20H,3,6-7,14-19H2,1-2H3/t20-/m0/s1. The Kier molecular flexibility index (Phi) is 6.91. The Hall–Kier alpha value is -2.75. The maximum atomic E-state index is 13.1. The molecule has 0 saturated carbocycles. The Morgan fingerprint density at radius 1 is 0.857 bits per heavy atom. The van der Waals surface area contributed by atoms with Gasteiger partial charge in [-0.2, -0.15) is 4.31 Å². The molecule has 3 heterocycles. The zero-order chi connectivity index (χ0) is 24.4. The summed E-state index contributed by atoms with van der Waals surface area (Å²) >= 11 is 0. The molecule has 1 aromatic heterocycles. The van der Waals surface area contributed by atoms with Gasteiger partial charge >= 0.3 is 0 Å². The highest BCUT2D eigenvalue weighted by Crippen LogP contribution is 2.30. The topological polar surface area (TPSA) is 78.9 Å². The average molecular weight is 496 g/mol. The second-order valence-corrected chi connectivity index (χ2v) is 11.2. The van der Waals surface area contributed by atoms with Gasteiger partial charge in [0.1, 0.15) is 17.4 Å². The Labute approximate surface area is 207 Å². The highest BCUT2D eigenvalue weighted by atomic mass is 32.2. The van der Waals surface area contributed by atoms with Crippen LogP contribution in [0.5, 0.6) is 5.75 Å². The van der Waals surface area contributed by atoms with Crippen molar-refractivity contribution in [3.63, 3.8) is 0 Å². The van der Waals surface area contributed by atoms with Gasteiger partial charge in [0.2, 0.25) is 10.0 Å². The normalized spacial score (nSPS) is 19.1. The van der Waals surface area contributed by atoms with Gasteiger partial charge in [-0.05, 0) is 62.6 Å². The number of aromatic nitrogens is 2. The Morgan fingerprint density at radius 2 is 1.54 bits per heavy atom. The molecule has 0 unspecified atom stereocenters. The van der Waals surface area contributed by atoms with Crippen molar-refractivity contribution in [1.82, 2.24) is 19.2 Å². The van der Waals surface area contributed by atoms with Crippen LogP contribution in [0, 0.1) is 0 Å². The van der Waals surface area contributed by atoms with E-state index in [2.05, 4.69) is 28.9 Å². The summed E-state index contributed by atoms with van der Waals surface area (Å²) in [6.45, 7) is 6.30. The van der Waals surface area contributed by atoms with Crippen LogP contribution in [0.1, 0.15) is 38.1 Å². The summed E-state index contributed by atoms with van der Waals surface area (Å²) in [4.78, 5) is 14.9. The van der Waals surface area contributed by atoms with Gasteiger partial charge in [-0.3, -0.25) is 4.90 Å². The molecule has 5 rings (SSSR count). The van der Waals surface area contributed by atoms with Gasteiger partial charge in [0.05, 0.1) is 23.6 Å². The summed E-state index contributed by atoms with van der Waals surface area (Å²) in [6, 6.07) is 14.8. The summed E-state index contributed by atoms with van der Waals surface area (Å²) in [7, 11) is -1.97. The van der Waals surface area contributed by atoms with E-state index in [1.807, 2.05) is 12.1 Å². The van der Waals surface area contributed by atoms with Crippen LogP contribution in [-0.2, 0) is 10.0 Å². The predicted molar refractivity (Wildman–Crippen MR) is 137 cm³/mol. The van der Waals surface area contributed by atoms with E-state index < -0.39 is 10.0 Å². The molecular formula is C26H33N5O3S. The van der Waals surface area contributed by atoms with E-state index in [0.717, 1.165) is 35.6 Å². The summed E-state index contributed by atoms with van der Waals surface area (Å²) in [5, 5.41) is 1.10. The molecule has 2 aliphatic heterocycles. The summed E-state index contributed by atoms with van der Waals surface area (Å²) in [5.41, 5.74) is 0.964. The first kappa shape index (κ1) is 24.0. The molecule has 2 aromatic carbocycles. The van der Waals surface area contributed by atoms with Crippen molar-refractivity contribution in [2.45, 2.75) is 37.1 Å². The largest absolute Gasteiger partial charge is 0.497 e. The molecule has 186 valence electrons. The van der Waals surface area contributed by atoms with Crippen molar-refractivity contribution in [2.24, 2.45) is 0 Å². The fourth-order valence-electron chi connectivity index (χ4n) is 5.00. The van der Waals surface area contributed by atoms with Crippen molar-refractivity contribution < 1.29 is 13.2 Å². The lowest BCUT2D eigenvalue weighted by Crippen LogP contribution is -2.49. The van der Waals surface area contributed by atoms with Gasteiger partial charge in [-0.25, -0.2) is 18.4 Å². The molecule has 8 nitrogen and oxygen atoms in total. The van der Waals surface area contributed by atoms with Crippen LogP contribution in [0.3, 0.4) is 0 Å². The lowest BCUT2D eigenvalue weighted by Gasteiger charge is -2.37. The highest BCUT2D eigenvalue weighted by Gasteiger charge is 2.31. The van der Waals surface area contributed by atoms with Gasteiger partial charge in [0.15, 0.2) is 0 Å². The second-order valence-electron chi connectivity index (χ2n) is 9.26. The van der Waals surface area contributed by atoms with Crippen LogP contribution >= 0.6 is 0 Å². The van der Waals surface area contributed by atoms with E-state index >= 15 is 0 Å². The number of nitrogens with zero attached hydrogens (tertiary/aromatic N) is 5. The number of piperidine rings is 1. The average Bonchev–Trinajstić information content (AvgIpc) is 2.92. The molecule has 0 aliphatic carbocycles. The minimum Gasteiger partial charge on any atom is -0.497 e. The molecular weight excluding hydrogens is 462 g/mol. The monoisotopic (exact) mass is 495 g/mol. The van der Waals surface area contributed by atoms with Gasteiger partial charge in [0, 0.05) is 44.7 Å². The molecule has 2 saturated heterocycles. The lowest BCUT2D eigenvalue weighted by molar-refractivity contribution is 0.141. The SMILES string of the molecule is COc1ccc(S(=O)(=O)N2CCN([C@@H](C)c3nc(N4CCCCC4)c4ccccc4n3)CC2)cc1. The molecule has 1 atom stereocenters. The minimum absolute atomic E-state index is 0.00557. The van der Waals surface area contributed by atoms with E-state index in [1.54, 1.807) is 35.7 Å². The number of methoxy groups -OCH3 is 1. The molecule has 9 heteroatoms. The van der Waals surface area contributed by atoms with Gasteiger partial charge in [0.25, 0.3) is 0 Å². The molecule has 3 aromatic rings. The van der Waals surface area contributed by atoms with E-state index in [0.29, 0.717) is 36.8 Å². The predicted octanol–water partition coefficient (Wildman–Crippen LogP) is 3.70. The Balaban J connectivity index is 1.33. The van der Waals surface area contributed by atoms with Gasteiger partial charge < -0.3 is 9.64 Å². The molecule has 0 radical (unpaired) electrons. The summed E-state index contributed by atoms with van der Waals surface area (Å²) < 4.78 is 33.0. The summed E-state index contributed by atoms with van der Waals surface area (Å²) in [6.07, 6.45) is 3.65.